The van der Waals surface area contributed by atoms with Gasteiger partial charge in [-0.25, -0.2) is 0 Å². The highest BCUT2D eigenvalue weighted by molar-refractivity contribution is 6.18. The van der Waals surface area contributed by atoms with E-state index < -0.39 is 0 Å². The molecule has 0 radical (unpaired) electrons. The molecule has 1 unspecified atom stereocenters. The van der Waals surface area contributed by atoms with Gasteiger partial charge in [-0.05, 0) is 51.3 Å². The molecule has 0 spiro atoms. The topological polar surface area (TPSA) is 43.9 Å². The first-order valence-electron chi connectivity index (χ1n) is 9.67. The molecule has 3 aliphatic heterocycles. The molecule has 1 aromatic carbocycles. The van der Waals surface area contributed by atoms with Crippen molar-refractivity contribution in [1.82, 2.24) is 9.80 Å². The molecule has 5 nitrogen and oxygen atoms in total. The number of fused-ring (bicyclic) bond motifs is 3. The number of para-hydroxylation sites is 1. The standard InChI is InChI=1S/C21H27N3O2/c1-15-16(2)21(26)24(20(15)25)11-5-10-22-12-13-23-18(14-22)9-8-17-6-3-4-7-19(17)23/h3-4,6-7,18H,5,8-14H2,1-2H3. The normalized spacial score (nSPS) is 23.5. The third kappa shape index (κ3) is 2.94. The average molecular weight is 353 g/mol. The minimum atomic E-state index is -0.110. The Morgan fingerprint density at radius 1 is 1.00 bits per heavy atom. The number of hydrogen-bond acceptors (Lipinski definition) is 4. The second kappa shape index (κ2) is 6.88. The first kappa shape index (κ1) is 17.3. The lowest BCUT2D eigenvalue weighted by atomic mass is 9.94. The minimum Gasteiger partial charge on any atom is -0.366 e. The maximum atomic E-state index is 12.1. The van der Waals surface area contributed by atoms with E-state index >= 15 is 0 Å². The highest BCUT2D eigenvalue weighted by Crippen LogP contribution is 2.32. The summed E-state index contributed by atoms with van der Waals surface area (Å²) in [6.07, 6.45) is 3.21. The van der Waals surface area contributed by atoms with Gasteiger partial charge in [-0.3, -0.25) is 19.4 Å². The largest absolute Gasteiger partial charge is 0.366 e. The van der Waals surface area contributed by atoms with Gasteiger partial charge in [0.05, 0.1) is 0 Å². The van der Waals surface area contributed by atoms with Crippen LogP contribution in [0, 0.1) is 0 Å². The number of carbonyl (C=O) groups is 2. The molecule has 26 heavy (non-hydrogen) atoms. The molecular formula is C21H27N3O2. The fourth-order valence-electron chi connectivity index (χ4n) is 4.48. The summed E-state index contributed by atoms with van der Waals surface area (Å²) < 4.78 is 0. The zero-order valence-electron chi connectivity index (χ0n) is 15.7. The molecule has 1 saturated heterocycles. The summed E-state index contributed by atoms with van der Waals surface area (Å²) in [7, 11) is 0. The van der Waals surface area contributed by atoms with Crippen LogP contribution < -0.4 is 4.90 Å². The van der Waals surface area contributed by atoms with E-state index in [1.165, 1.54) is 22.6 Å². The highest BCUT2D eigenvalue weighted by Gasteiger charge is 2.34. The van der Waals surface area contributed by atoms with Crippen molar-refractivity contribution in [3.05, 3.63) is 41.0 Å². The monoisotopic (exact) mass is 353 g/mol. The van der Waals surface area contributed by atoms with Crippen LogP contribution in [0.5, 0.6) is 0 Å². The van der Waals surface area contributed by atoms with Crippen molar-refractivity contribution in [3.63, 3.8) is 0 Å². The number of amides is 2. The maximum Gasteiger partial charge on any atom is 0.256 e. The first-order chi connectivity index (χ1) is 12.6. The minimum absolute atomic E-state index is 0.110. The van der Waals surface area contributed by atoms with E-state index in [1.807, 2.05) is 0 Å². The summed E-state index contributed by atoms with van der Waals surface area (Å²) in [5.74, 6) is -0.220. The molecular weight excluding hydrogens is 326 g/mol. The van der Waals surface area contributed by atoms with Gasteiger partial charge in [0.15, 0.2) is 0 Å². The molecule has 0 N–H and O–H groups in total. The van der Waals surface area contributed by atoms with Gasteiger partial charge in [-0.2, -0.15) is 0 Å². The molecule has 3 heterocycles. The molecule has 1 aromatic rings. The second-order valence-corrected chi connectivity index (χ2v) is 7.68. The van der Waals surface area contributed by atoms with Gasteiger partial charge in [0.2, 0.25) is 0 Å². The van der Waals surface area contributed by atoms with Crippen LogP contribution in [0.4, 0.5) is 5.69 Å². The first-order valence-corrected chi connectivity index (χ1v) is 9.67. The van der Waals surface area contributed by atoms with E-state index in [-0.39, 0.29) is 11.8 Å². The number of imide groups is 1. The Morgan fingerprint density at radius 3 is 2.50 bits per heavy atom. The van der Waals surface area contributed by atoms with E-state index in [9.17, 15) is 9.59 Å². The lowest BCUT2D eigenvalue weighted by Gasteiger charge is -2.46. The Labute approximate surface area is 155 Å². The molecule has 0 saturated carbocycles. The summed E-state index contributed by atoms with van der Waals surface area (Å²) in [6, 6.07) is 9.35. The average Bonchev–Trinajstić information content (AvgIpc) is 2.85. The van der Waals surface area contributed by atoms with Crippen molar-refractivity contribution < 1.29 is 9.59 Å². The Bertz CT molecular complexity index is 746. The van der Waals surface area contributed by atoms with Crippen LogP contribution in [0.15, 0.2) is 35.4 Å². The van der Waals surface area contributed by atoms with Gasteiger partial charge in [0.1, 0.15) is 0 Å². The van der Waals surface area contributed by atoms with E-state index in [1.54, 1.807) is 13.8 Å². The van der Waals surface area contributed by atoms with Crippen molar-refractivity contribution in [2.45, 2.75) is 39.2 Å². The van der Waals surface area contributed by atoms with Crippen molar-refractivity contribution in [3.8, 4) is 0 Å². The van der Waals surface area contributed by atoms with Crippen molar-refractivity contribution in [2.75, 3.05) is 37.6 Å². The number of hydrogen-bond donors (Lipinski definition) is 0. The van der Waals surface area contributed by atoms with Gasteiger partial charge >= 0.3 is 0 Å². The number of nitrogens with zero attached hydrogens (tertiary/aromatic N) is 3. The van der Waals surface area contributed by atoms with Gasteiger partial charge in [-0.1, -0.05) is 18.2 Å². The molecule has 2 amide bonds. The smallest absolute Gasteiger partial charge is 0.256 e. The Kier molecular flexibility index (Phi) is 4.57. The van der Waals surface area contributed by atoms with Crippen molar-refractivity contribution in [1.29, 1.82) is 0 Å². The predicted octanol–water partition coefficient (Wildman–Crippen LogP) is 2.22. The third-order valence-electron chi connectivity index (χ3n) is 6.17. The molecule has 1 fully saturated rings. The van der Waals surface area contributed by atoms with E-state index in [4.69, 9.17) is 0 Å². The fourth-order valence-corrected chi connectivity index (χ4v) is 4.48. The maximum absolute atomic E-state index is 12.1. The number of carbonyl (C=O) groups excluding carboxylic acids is 2. The summed E-state index contributed by atoms with van der Waals surface area (Å²) in [4.78, 5) is 30.8. The molecule has 0 aliphatic carbocycles. The van der Waals surface area contributed by atoms with Gasteiger partial charge in [0.25, 0.3) is 11.8 Å². The molecule has 0 aromatic heterocycles. The molecule has 1 atom stereocenters. The SMILES string of the molecule is CC1=C(C)C(=O)N(CCCN2CCN3c4ccccc4CCC3C2)C1=O. The van der Waals surface area contributed by atoms with Gasteiger partial charge in [-0.15, -0.1) is 0 Å². The second-order valence-electron chi connectivity index (χ2n) is 7.68. The Morgan fingerprint density at radius 2 is 1.73 bits per heavy atom. The van der Waals surface area contributed by atoms with Gasteiger partial charge in [0, 0.05) is 49.1 Å². The molecule has 0 bridgehead atoms. The number of anilines is 1. The van der Waals surface area contributed by atoms with Crippen LogP contribution in [-0.2, 0) is 16.0 Å². The van der Waals surface area contributed by atoms with Crippen molar-refractivity contribution >= 4 is 17.5 Å². The van der Waals surface area contributed by atoms with Crippen LogP contribution >= 0.6 is 0 Å². The van der Waals surface area contributed by atoms with Crippen molar-refractivity contribution in [2.24, 2.45) is 0 Å². The predicted molar refractivity (Wildman–Crippen MR) is 102 cm³/mol. The molecule has 4 rings (SSSR count). The number of rotatable bonds is 4. The summed E-state index contributed by atoms with van der Waals surface area (Å²) in [5.41, 5.74) is 4.09. The highest BCUT2D eigenvalue weighted by atomic mass is 16.2. The summed E-state index contributed by atoms with van der Waals surface area (Å²) in [5, 5.41) is 0. The Hall–Kier alpha value is -2.14. The van der Waals surface area contributed by atoms with Crippen LogP contribution in [0.1, 0.15) is 32.3 Å². The van der Waals surface area contributed by atoms with Crippen LogP contribution in [0.2, 0.25) is 0 Å². The lowest BCUT2D eigenvalue weighted by Crippen LogP contribution is -2.55. The number of aryl methyl sites for hydroxylation is 1. The summed E-state index contributed by atoms with van der Waals surface area (Å²) in [6.45, 7) is 8.14. The number of benzene rings is 1. The van der Waals surface area contributed by atoms with E-state index in [0.717, 1.165) is 39.0 Å². The van der Waals surface area contributed by atoms with Crippen LogP contribution in [0.3, 0.4) is 0 Å². The number of piperazine rings is 1. The molecule has 3 aliphatic rings. The van der Waals surface area contributed by atoms with Crippen LogP contribution in [0.25, 0.3) is 0 Å². The third-order valence-corrected chi connectivity index (χ3v) is 6.17. The molecule has 138 valence electrons. The Balaban J connectivity index is 1.30. The zero-order chi connectivity index (χ0) is 18.3. The zero-order valence-corrected chi connectivity index (χ0v) is 15.7. The fraction of sp³-hybridized carbons (Fsp3) is 0.524. The lowest BCUT2D eigenvalue weighted by molar-refractivity contribution is -0.137. The quantitative estimate of drug-likeness (QED) is 0.779. The molecule has 5 heteroatoms. The van der Waals surface area contributed by atoms with E-state index in [2.05, 4.69) is 34.1 Å². The van der Waals surface area contributed by atoms with Gasteiger partial charge < -0.3 is 4.90 Å². The van der Waals surface area contributed by atoms with Crippen LogP contribution in [-0.4, -0.2) is 60.4 Å². The summed E-state index contributed by atoms with van der Waals surface area (Å²) >= 11 is 0. The van der Waals surface area contributed by atoms with E-state index in [0.29, 0.717) is 23.7 Å².